The predicted octanol–water partition coefficient (Wildman–Crippen LogP) is 4.96. The van der Waals surface area contributed by atoms with Crippen molar-refractivity contribution in [3.8, 4) is 0 Å². The maximum Gasteiger partial charge on any atom is 0.0950 e. The largest absolute Gasteiger partial charge is 0.391 e. The molecule has 2 N–H and O–H groups in total. The van der Waals surface area contributed by atoms with Gasteiger partial charge in [0.05, 0.1) is 23.7 Å². The minimum Gasteiger partial charge on any atom is -0.391 e. The third-order valence-electron chi connectivity index (χ3n) is 10.7. The summed E-state index contributed by atoms with van der Waals surface area (Å²) in [6.07, 6.45) is 14.5. The van der Waals surface area contributed by atoms with E-state index in [-0.39, 0.29) is 11.5 Å². The number of nitrogens with zero attached hydrogens (tertiary/aromatic N) is 2. The first-order valence-electron chi connectivity index (χ1n) is 12.5. The number of hydrogen-bond donors (Lipinski definition) is 2. The summed E-state index contributed by atoms with van der Waals surface area (Å²) >= 11 is 0. The average molecular weight is 415 g/mol. The molecule has 4 aliphatic carbocycles. The van der Waals surface area contributed by atoms with Crippen molar-refractivity contribution in [1.82, 2.24) is 9.55 Å². The van der Waals surface area contributed by atoms with E-state index in [4.69, 9.17) is 0 Å². The van der Waals surface area contributed by atoms with E-state index < -0.39 is 5.60 Å². The van der Waals surface area contributed by atoms with E-state index in [1.165, 1.54) is 44.9 Å². The van der Waals surface area contributed by atoms with Gasteiger partial charge in [-0.05, 0) is 112 Å². The van der Waals surface area contributed by atoms with Crippen molar-refractivity contribution in [3.05, 3.63) is 18.2 Å². The lowest BCUT2D eigenvalue weighted by atomic mass is 9.44. The topological polar surface area (TPSA) is 58.3 Å². The van der Waals surface area contributed by atoms with Crippen molar-refractivity contribution in [2.45, 2.75) is 104 Å². The second kappa shape index (κ2) is 7.07. The molecule has 0 aliphatic heterocycles. The number of aromatic nitrogens is 2. The van der Waals surface area contributed by atoms with Crippen LogP contribution in [0, 0.1) is 47.3 Å². The fourth-order valence-electron chi connectivity index (χ4n) is 9.02. The van der Waals surface area contributed by atoms with Crippen molar-refractivity contribution in [2.75, 3.05) is 0 Å². The first-order chi connectivity index (χ1) is 14.1. The van der Waals surface area contributed by atoms with Crippen LogP contribution in [0.3, 0.4) is 0 Å². The van der Waals surface area contributed by atoms with Crippen LogP contribution in [-0.4, -0.2) is 31.5 Å². The van der Waals surface area contributed by atoms with E-state index in [9.17, 15) is 10.2 Å². The molecule has 4 saturated carbocycles. The second-order valence-corrected chi connectivity index (χ2v) is 12.4. The van der Waals surface area contributed by atoms with Gasteiger partial charge in [-0.25, -0.2) is 4.98 Å². The highest BCUT2D eigenvalue weighted by atomic mass is 16.3. The van der Waals surface area contributed by atoms with Crippen molar-refractivity contribution < 1.29 is 10.2 Å². The molecule has 30 heavy (non-hydrogen) atoms. The van der Waals surface area contributed by atoms with E-state index in [1.807, 2.05) is 13.3 Å². The maximum atomic E-state index is 11.2. The highest BCUT2D eigenvalue weighted by Gasteiger charge is 2.61. The van der Waals surface area contributed by atoms with Crippen LogP contribution in [0.4, 0.5) is 0 Å². The Kier molecular flexibility index (Phi) is 4.95. The lowest BCUT2D eigenvalue weighted by Gasteiger charge is -2.62. The monoisotopic (exact) mass is 414 g/mol. The Hall–Kier alpha value is -0.870. The predicted molar refractivity (Wildman–Crippen MR) is 119 cm³/mol. The van der Waals surface area contributed by atoms with Gasteiger partial charge in [0.25, 0.3) is 0 Å². The first-order valence-corrected chi connectivity index (χ1v) is 12.5. The van der Waals surface area contributed by atoms with Gasteiger partial charge in [-0.15, -0.1) is 0 Å². The number of imidazole rings is 1. The Labute approximate surface area is 182 Å². The highest BCUT2D eigenvalue weighted by molar-refractivity contribution is 5.11. The van der Waals surface area contributed by atoms with Gasteiger partial charge >= 0.3 is 0 Å². The number of aryl methyl sites for hydroxylation is 1. The van der Waals surface area contributed by atoms with Gasteiger partial charge in [-0.2, -0.15) is 0 Å². The van der Waals surface area contributed by atoms with Gasteiger partial charge in [-0.1, -0.05) is 13.8 Å². The molecular formula is C26H42N2O2. The SMILES string of the molecule is Cc1cn(CC(O)[C@H]2CC[C@H]3[C@@H]4CC[C@@H]5C[C@](C)(O)CCC5(C)[C@H]4CC[C@]23C)cn1. The van der Waals surface area contributed by atoms with Crippen LogP contribution < -0.4 is 0 Å². The molecule has 0 saturated heterocycles. The molecule has 4 nitrogen and oxygen atoms in total. The van der Waals surface area contributed by atoms with Crippen molar-refractivity contribution in [1.29, 1.82) is 0 Å². The molecule has 168 valence electrons. The third-order valence-corrected chi connectivity index (χ3v) is 10.7. The molecule has 9 atom stereocenters. The van der Waals surface area contributed by atoms with E-state index in [2.05, 4.69) is 36.5 Å². The summed E-state index contributed by atoms with van der Waals surface area (Å²) in [6, 6.07) is 0. The van der Waals surface area contributed by atoms with Crippen LogP contribution in [0.25, 0.3) is 0 Å². The number of fused-ring (bicyclic) bond motifs is 5. The van der Waals surface area contributed by atoms with Crippen molar-refractivity contribution >= 4 is 0 Å². The van der Waals surface area contributed by atoms with Crippen molar-refractivity contribution in [2.24, 2.45) is 40.4 Å². The molecule has 1 aromatic rings. The van der Waals surface area contributed by atoms with Gasteiger partial charge in [0.15, 0.2) is 0 Å². The summed E-state index contributed by atoms with van der Waals surface area (Å²) in [4.78, 5) is 4.34. The van der Waals surface area contributed by atoms with Crippen LogP contribution in [0.5, 0.6) is 0 Å². The minimum absolute atomic E-state index is 0.276. The first kappa shape index (κ1) is 21.0. The van der Waals surface area contributed by atoms with Gasteiger partial charge in [0, 0.05) is 12.7 Å². The fraction of sp³-hybridized carbons (Fsp3) is 0.885. The molecule has 0 amide bonds. The molecule has 0 aromatic carbocycles. The number of hydrogen-bond acceptors (Lipinski definition) is 3. The molecule has 0 bridgehead atoms. The number of aliphatic hydroxyl groups excluding tert-OH is 1. The number of aliphatic hydroxyl groups is 2. The zero-order valence-corrected chi connectivity index (χ0v) is 19.5. The average Bonchev–Trinajstić information content (AvgIpc) is 3.24. The fourth-order valence-corrected chi connectivity index (χ4v) is 9.02. The lowest BCUT2D eigenvalue weighted by molar-refractivity contribution is -0.150. The van der Waals surface area contributed by atoms with Gasteiger partial charge < -0.3 is 14.8 Å². The molecule has 1 heterocycles. The van der Waals surface area contributed by atoms with E-state index in [0.29, 0.717) is 23.8 Å². The zero-order valence-electron chi connectivity index (χ0n) is 19.5. The van der Waals surface area contributed by atoms with Crippen LogP contribution in [0.2, 0.25) is 0 Å². The molecule has 2 unspecified atom stereocenters. The summed E-state index contributed by atoms with van der Waals surface area (Å²) < 4.78 is 2.07. The normalized spacial score (nSPS) is 49.2. The van der Waals surface area contributed by atoms with E-state index in [1.54, 1.807) is 0 Å². The van der Waals surface area contributed by atoms with Crippen LogP contribution in [0.1, 0.15) is 84.3 Å². The summed E-state index contributed by atoms with van der Waals surface area (Å²) in [5, 5.41) is 21.9. The van der Waals surface area contributed by atoms with E-state index in [0.717, 1.165) is 36.3 Å². The van der Waals surface area contributed by atoms with E-state index >= 15 is 0 Å². The highest BCUT2D eigenvalue weighted by Crippen LogP contribution is 2.68. The smallest absolute Gasteiger partial charge is 0.0950 e. The Balaban J connectivity index is 1.34. The molecule has 4 aliphatic rings. The summed E-state index contributed by atoms with van der Waals surface area (Å²) in [5.74, 6) is 3.50. The van der Waals surface area contributed by atoms with Gasteiger partial charge in [0.2, 0.25) is 0 Å². The van der Waals surface area contributed by atoms with Crippen LogP contribution >= 0.6 is 0 Å². The standard InChI is InChI=1S/C26H42N2O2/c1-17-14-28(16-27-17)15-23(29)22-8-7-20-19-6-5-18-13-24(2,30)11-12-25(18,3)21(19)9-10-26(20,22)4/h14,16,18-23,29-30H,5-13,15H2,1-4H3/t18-,19+,20+,21+,22-,23?,24-,25?,26+/m1/s1. The quantitative estimate of drug-likeness (QED) is 0.735. The van der Waals surface area contributed by atoms with Gasteiger partial charge in [-0.3, -0.25) is 0 Å². The molecular weight excluding hydrogens is 372 g/mol. The maximum absolute atomic E-state index is 11.2. The molecule has 0 radical (unpaired) electrons. The molecule has 5 rings (SSSR count). The summed E-state index contributed by atoms with van der Waals surface area (Å²) in [5.41, 5.74) is 1.26. The van der Waals surface area contributed by atoms with Crippen LogP contribution in [0.15, 0.2) is 12.5 Å². The lowest BCUT2D eigenvalue weighted by Crippen LogP contribution is -2.56. The Morgan fingerprint density at radius 3 is 2.53 bits per heavy atom. The van der Waals surface area contributed by atoms with Crippen LogP contribution in [-0.2, 0) is 6.54 Å². The molecule has 0 spiro atoms. The molecule has 4 fully saturated rings. The van der Waals surface area contributed by atoms with Gasteiger partial charge in [0.1, 0.15) is 0 Å². The Morgan fingerprint density at radius 1 is 1.03 bits per heavy atom. The zero-order chi connectivity index (χ0) is 21.3. The summed E-state index contributed by atoms with van der Waals surface area (Å²) in [7, 11) is 0. The van der Waals surface area contributed by atoms with Crippen molar-refractivity contribution in [3.63, 3.8) is 0 Å². The second-order valence-electron chi connectivity index (χ2n) is 12.4. The minimum atomic E-state index is -0.450. The molecule has 1 aromatic heterocycles. The summed E-state index contributed by atoms with van der Waals surface area (Å²) in [6.45, 7) is 9.82. The Bertz CT molecular complexity index is 788. The Morgan fingerprint density at radius 2 is 1.80 bits per heavy atom. The molecule has 4 heteroatoms. The third kappa shape index (κ3) is 3.20. The number of rotatable bonds is 3.